The molecule has 0 saturated carbocycles. The number of benzene rings is 3. The number of aromatic nitrogens is 5. The number of nitrogens with zero attached hydrogens (tertiary/aromatic N) is 5. The van der Waals surface area contributed by atoms with Gasteiger partial charge in [-0.3, -0.25) is 4.98 Å². The third-order valence-electron chi connectivity index (χ3n) is 6.05. The van der Waals surface area contributed by atoms with Crippen LogP contribution in [-0.4, -0.2) is 24.9 Å². The summed E-state index contributed by atoms with van der Waals surface area (Å²) in [5, 5.41) is 9.69. The van der Waals surface area contributed by atoms with Gasteiger partial charge in [-0.05, 0) is 66.6 Å². The second-order valence-corrected chi connectivity index (χ2v) is 10.3. The summed E-state index contributed by atoms with van der Waals surface area (Å²) in [4.78, 5) is 10.7. The predicted octanol–water partition coefficient (Wildman–Crippen LogP) is 7.71. The van der Waals surface area contributed by atoms with Crippen molar-refractivity contribution in [3.05, 3.63) is 126 Å². The summed E-state index contributed by atoms with van der Waals surface area (Å²) < 4.78 is 20.7. The Morgan fingerprint density at radius 1 is 0.872 bits per heavy atom. The van der Waals surface area contributed by atoms with Crippen LogP contribution < -0.4 is 0 Å². The fourth-order valence-corrected chi connectivity index (χ4v) is 5.10. The molecule has 0 spiro atoms. The highest BCUT2D eigenvalue weighted by Crippen LogP contribution is 2.37. The van der Waals surface area contributed by atoms with Gasteiger partial charge < -0.3 is 4.52 Å². The summed E-state index contributed by atoms with van der Waals surface area (Å²) in [5.41, 5.74) is 4.46. The summed E-state index contributed by atoms with van der Waals surface area (Å²) in [7, 11) is 0. The minimum atomic E-state index is -0.292. The van der Waals surface area contributed by atoms with Gasteiger partial charge >= 0.3 is 0 Å². The molecule has 0 unspecified atom stereocenters. The van der Waals surface area contributed by atoms with Crippen LogP contribution in [0, 0.1) is 5.82 Å². The monoisotopic (exact) mass is 553 g/mol. The first-order chi connectivity index (χ1) is 19.1. The minimum Gasteiger partial charge on any atom is -0.339 e. The normalized spacial score (nSPS) is 11.1. The minimum absolute atomic E-state index is 0.292. The smallest absolute Gasteiger partial charge is 0.227 e. The molecule has 0 radical (unpaired) electrons. The van der Waals surface area contributed by atoms with E-state index in [4.69, 9.17) is 21.2 Å². The fourth-order valence-electron chi connectivity index (χ4n) is 4.04. The lowest BCUT2D eigenvalue weighted by atomic mass is 10.1. The molecule has 3 aromatic heterocycles. The Hall–Kier alpha value is -4.27. The van der Waals surface area contributed by atoms with Gasteiger partial charge in [-0.2, -0.15) is 10.1 Å². The number of halogens is 2. The summed E-state index contributed by atoms with van der Waals surface area (Å²) in [6.45, 7) is 0. The molecule has 0 amide bonds. The van der Waals surface area contributed by atoms with E-state index >= 15 is 0 Å². The van der Waals surface area contributed by atoms with Crippen molar-refractivity contribution in [2.24, 2.45) is 0 Å². The highest BCUT2D eigenvalue weighted by molar-refractivity contribution is 7.99. The molecular formula is C30H21ClFN5OS. The van der Waals surface area contributed by atoms with Gasteiger partial charge in [0.15, 0.2) is 0 Å². The van der Waals surface area contributed by atoms with E-state index in [1.807, 2.05) is 73.1 Å². The van der Waals surface area contributed by atoms with Crippen LogP contribution in [0.1, 0.15) is 11.5 Å². The number of aryl methyl sites for hydroxylation is 2. The van der Waals surface area contributed by atoms with E-state index in [1.165, 1.54) is 12.1 Å². The van der Waals surface area contributed by atoms with Gasteiger partial charge in [0.1, 0.15) is 11.5 Å². The Kier molecular flexibility index (Phi) is 7.21. The maximum Gasteiger partial charge on any atom is 0.227 e. The maximum atomic E-state index is 13.5. The van der Waals surface area contributed by atoms with Gasteiger partial charge in [0, 0.05) is 46.1 Å². The lowest BCUT2D eigenvalue weighted by Gasteiger charge is -2.04. The quantitative estimate of drug-likeness (QED) is 0.192. The molecule has 3 aromatic carbocycles. The van der Waals surface area contributed by atoms with Crippen LogP contribution in [-0.2, 0) is 12.8 Å². The molecule has 0 saturated heterocycles. The second-order valence-electron chi connectivity index (χ2n) is 8.77. The number of pyridine rings is 1. The molecule has 6 rings (SSSR count). The SMILES string of the molecule is Fc1ccc(-n2cc(Sc3ccc(Cl)cc3)c(-c3ccc(-c4noc(CCc5cccnc5)n4)cc3)n2)cc1. The highest BCUT2D eigenvalue weighted by atomic mass is 35.5. The average molecular weight is 554 g/mol. The van der Waals surface area contributed by atoms with E-state index < -0.39 is 0 Å². The van der Waals surface area contributed by atoms with Crippen molar-refractivity contribution in [3.8, 4) is 28.3 Å². The van der Waals surface area contributed by atoms with Crippen molar-refractivity contribution >= 4 is 23.4 Å². The molecule has 0 N–H and O–H groups in total. The van der Waals surface area contributed by atoms with Crippen LogP contribution in [0.4, 0.5) is 4.39 Å². The van der Waals surface area contributed by atoms with Gasteiger partial charge in [0.25, 0.3) is 0 Å². The van der Waals surface area contributed by atoms with Gasteiger partial charge in [-0.1, -0.05) is 58.9 Å². The van der Waals surface area contributed by atoms with Crippen LogP contribution in [0.5, 0.6) is 0 Å². The van der Waals surface area contributed by atoms with Crippen molar-refractivity contribution in [2.75, 3.05) is 0 Å². The lowest BCUT2D eigenvalue weighted by molar-refractivity contribution is 0.379. The van der Waals surface area contributed by atoms with Crippen LogP contribution in [0.3, 0.4) is 0 Å². The summed E-state index contributed by atoms with van der Waals surface area (Å²) in [6, 6.07) is 25.7. The molecule has 0 aliphatic carbocycles. The summed E-state index contributed by atoms with van der Waals surface area (Å²) in [5.74, 6) is 0.826. The third-order valence-corrected chi connectivity index (χ3v) is 7.33. The van der Waals surface area contributed by atoms with E-state index in [-0.39, 0.29) is 5.82 Å². The molecule has 0 aliphatic heterocycles. The van der Waals surface area contributed by atoms with Crippen molar-refractivity contribution in [1.29, 1.82) is 0 Å². The molecule has 0 bridgehead atoms. The molecular weight excluding hydrogens is 533 g/mol. The molecule has 0 fully saturated rings. The fraction of sp³-hybridized carbons (Fsp3) is 0.0667. The third kappa shape index (κ3) is 5.92. The predicted molar refractivity (Wildman–Crippen MR) is 149 cm³/mol. The van der Waals surface area contributed by atoms with E-state index in [0.717, 1.165) is 44.3 Å². The standard InChI is InChI=1S/C30H21ClFN5OS/c31-23-8-14-26(15-9-23)39-27-19-37(25-12-10-24(32)11-13-25)35-29(27)21-4-6-22(7-5-21)30-34-28(38-36-30)16-3-20-2-1-17-33-18-20/h1-2,4-15,17-19H,3,16H2. The molecule has 0 atom stereocenters. The Balaban J connectivity index is 1.26. The van der Waals surface area contributed by atoms with E-state index in [0.29, 0.717) is 23.2 Å². The Morgan fingerprint density at radius 2 is 1.64 bits per heavy atom. The number of hydrogen-bond donors (Lipinski definition) is 0. The van der Waals surface area contributed by atoms with Crippen molar-refractivity contribution in [1.82, 2.24) is 24.9 Å². The average Bonchev–Trinajstić information content (AvgIpc) is 3.62. The number of rotatable bonds is 8. The molecule has 6 nitrogen and oxygen atoms in total. The zero-order chi connectivity index (χ0) is 26.6. The molecule has 9 heteroatoms. The Labute approximate surface area is 233 Å². The first-order valence-electron chi connectivity index (χ1n) is 12.2. The van der Waals surface area contributed by atoms with Crippen molar-refractivity contribution in [3.63, 3.8) is 0 Å². The zero-order valence-electron chi connectivity index (χ0n) is 20.5. The molecule has 192 valence electrons. The second kappa shape index (κ2) is 11.2. The van der Waals surface area contributed by atoms with Crippen LogP contribution in [0.15, 0.2) is 118 Å². The summed E-state index contributed by atoms with van der Waals surface area (Å²) >= 11 is 7.66. The van der Waals surface area contributed by atoms with Gasteiger partial charge in [0.05, 0.1) is 10.6 Å². The first kappa shape index (κ1) is 25.0. The maximum absolute atomic E-state index is 13.5. The molecule has 39 heavy (non-hydrogen) atoms. The molecule has 3 heterocycles. The largest absolute Gasteiger partial charge is 0.339 e. The zero-order valence-corrected chi connectivity index (χ0v) is 22.1. The topological polar surface area (TPSA) is 69.6 Å². The highest BCUT2D eigenvalue weighted by Gasteiger charge is 2.16. The van der Waals surface area contributed by atoms with Gasteiger partial charge in [-0.25, -0.2) is 9.07 Å². The van der Waals surface area contributed by atoms with Crippen molar-refractivity contribution < 1.29 is 8.91 Å². The van der Waals surface area contributed by atoms with E-state index in [2.05, 4.69) is 15.1 Å². The molecule has 0 aliphatic rings. The Bertz CT molecular complexity index is 1690. The van der Waals surface area contributed by atoms with Crippen molar-refractivity contribution in [2.45, 2.75) is 22.6 Å². The first-order valence-corrected chi connectivity index (χ1v) is 13.4. The van der Waals surface area contributed by atoms with E-state index in [1.54, 1.807) is 34.8 Å². The Morgan fingerprint density at radius 3 is 2.38 bits per heavy atom. The lowest BCUT2D eigenvalue weighted by Crippen LogP contribution is -1.94. The van der Waals surface area contributed by atoms with Gasteiger partial charge in [0.2, 0.25) is 11.7 Å². The van der Waals surface area contributed by atoms with Crippen LogP contribution in [0.2, 0.25) is 5.02 Å². The summed E-state index contributed by atoms with van der Waals surface area (Å²) in [6.07, 6.45) is 6.96. The van der Waals surface area contributed by atoms with E-state index in [9.17, 15) is 4.39 Å². The number of hydrogen-bond acceptors (Lipinski definition) is 6. The van der Waals surface area contributed by atoms with Gasteiger partial charge in [-0.15, -0.1) is 0 Å². The van der Waals surface area contributed by atoms with Crippen LogP contribution >= 0.6 is 23.4 Å². The van der Waals surface area contributed by atoms with Crippen LogP contribution in [0.25, 0.3) is 28.3 Å². The molecule has 6 aromatic rings.